The van der Waals surface area contributed by atoms with E-state index >= 15 is 0 Å². The van der Waals surface area contributed by atoms with Crippen LogP contribution in [0.15, 0.2) is 83.9 Å². The number of nitro benzene ring substituents is 2. The molecule has 0 heterocycles. The molecule has 0 saturated carbocycles. The van der Waals surface area contributed by atoms with E-state index in [1.807, 2.05) is 30.3 Å². The van der Waals surface area contributed by atoms with Gasteiger partial charge in [0.05, 0.1) is 21.2 Å². The van der Waals surface area contributed by atoms with E-state index in [1.165, 1.54) is 24.3 Å². The number of anilines is 1. The Morgan fingerprint density at radius 2 is 1.29 bits per heavy atom. The number of amidine groups is 1. The van der Waals surface area contributed by atoms with Crippen LogP contribution < -0.4 is 10.9 Å². The molecule has 140 valence electrons. The lowest BCUT2D eigenvalue weighted by Crippen LogP contribution is -2.30. The van der Waals surface area contributed by atoms with Crippen molar-refractivity contribution in [3.63, 3.8) is 0 Å². The number of hydrogen-bond acceptors (Lipinski definition) is 6. The molecular formula is C19H15N5O4. The summed E-state index contributed by atoms with van der Waals surface area (Å²) < 4.78 is 0. The molecular weight excluding hydrogens is 362 g/mol. The summed E-state index contributed by atoms with van der Waals surface area (Å²) in [6.45, 7) is 0. The van der Waals surface area contributed by atoms with Crippen molar-refractivity contribution < 1.29 is 9.85 Å². The second-order valence-corrected chi connectivity index (χ2v) is 5.65. The van der Waals surface area contributed by atoms with E-state index in [-0.39, 0.29) is 11.4 Å². The molecule has 9 nitrogen and oxygen atoms in total. The smallest absolute Gasteiger partial charge is 0.269 e. The Labute approximate surface area is 159 Å². The Hall–Kier alpha value is -4.27. The lowest BCUT2D eigenvalue weighted by Gasteiger charge is -2.12. The molecule has 0 aliphatic carbocycles. The minimum Gasteiger partial charge on any atom is -0.300 e. The zero-order chi connectivity index (χ0) is 19.9. The normalized spacial score (nSPS) is 10.9. The SMILES string of the molecule is O=[N+]([O-])c1ccc(N=C(NNc2ccc([N+](=O)[O-])cc2)c2ccccc2)cc1. The van der Waals surface area contributed by atoms with Gasteiger partial charge in [0.25, 0.3) is 11.4 Å². The summed E-state index contributed by atoms with van der Waals surface area (Å²) in [6.07, 6.45) is 0. The van der Waals surface area contributed by atoms with Crippen molar-refractivity contribution in [3.05, 3.63) is 105 Å². The molecule has 28 heavy (non-hydrogen) atoms. The van der Waals surface area contributed by atoms with Gasteiger partial charge in [-0.25, -0.2) is 4.99 Å². The maximum atomic E-state index is 10.8. The summed E-state index contributed by atoms with van der Waals surface area (Å²) in [5.41, 5.74) is 7.83. The van der Waals surface area contributed by atoms with Gasteiger partial charge in [-0.1, -0.05) is 30.3 Å². The van der Waals surface area contributed by atoms with Gasteiger partial charge in [-0.2, -0.15) is 0 Å². The van der Waals surface area contributed by atoms with Crippen LogP contribution in [0.5, 0.6) is 0 Å². The molecule has 0 radical (unpaired) electrons. The summed E-state index contributed by atoms with van der Waals surface area (Å²) in [7, 11) is 0. The predicted octanol–water partition coefficient (Wildman–Crippen LogP) is 4.20. The zero-order valence-corrected chi connectivity index (χ0v) is 14.5. The highest BCUT2D eigenvalue weighted by atomic mass is 16.6. The average molecular weight is 377 g/mol. The lowest BCUT2D eigenvalue weighted by atomic mass is 10.2. The zero-order valence-electron chi connectivity index (χ0n) is 14.5. The fourth-order valence-electron chi connectivity index (χ4n) is 2.34. The van der Waals surface area contributed by atoms with Crippen LogP contribution in [0.1, 0.15) is 5.56 Å². The van der Waals surface area contributed by atoms with Gasteiger partial charge in [-0.05, 0) is 24.3 Å². The highest BCUT2D eigenvalue weighted by Crippen LogP contribution is 2.19. The van der Waals surface area contributed by atoms with Crippen LogP contribution in [0.3, 0.4) is 0 Å². The van der Waals surface area contributed by atoms with Gasteiger partial charge >= 0.3 is 0 Å². The Morgan fingerprint density at radius 1 is 0.750 bits per heavy atom. The first kappa shape index (κ1) is 18.5. The lowest BCUT2D eigenvalue weighted by molar-refractivity contribution is -0.385. The molecule has 0 aromatic heterocycles. The van der Waals surface area contributed by atoms with Crippen LogP contribution in [0.4, 0.5) is 22.7 Å². The van der Waals surface area contributed by atoms with Crippen molar-refractivity contribution >= 4 is 28.6 Å². The second kappa shape index (κ2) is 8.41. The van der Waals surface area contributed by atoms with Crippen molar-refractivity contribution in [2.45, 2.75) is 0 Å². The number of nitro groups is 2. The van der Waals surface area contributed by atoms with E-state index in [4.69, 9.17) is 0 Å². The first-order chi connectivity index (χ1) is 13.5. The number of hydrazine groups is 1. The van der Waals surface area contributed by atoms with E-state index in [2.05, 4.69) is 15.8 Å². The second-order valence-electron chi connectivity index (χ2n) is 5.65. The van der Waals surface area contributed by atoms with E-state index in [0.717, 1.165) is 5.56 Å². The number of rotatable bonds is 6. The fraction of sp³-hybridized carbons (Fsp3) is 0. The van der Waals surface area contributed by atoms with E-state index in [0.29, 0.717) is 17.2 Å². The van der Waals surface area contributed by atoms with Gasteiger partial charge in [0, 0.05) is 29.8 Å². The Bertz CT molecular complexity index is 1000. The summed E-state index contributed by atoms with van der Waals surface area (Å²) in [5.74, 6) is 0.479. The van der Waals surface area contributed by atoms with Crippen molar-refractivity contribution in [2.24, 2.45) is 4.99 Å². The number of nitrogens with zero attached hydrogens (tertiary/aromatic N) is 3. The first-order valence-corrected chi connectivity index (χ1v) is 8.18. The van der Waals surface area contributed by atoms with Gasteiger partial charge in [-0.15, -0.1) is 0 Å². The third kappa shape index (κ3) is 4.67. The Kier molecular flexibility index (Phi) is 5.56. The molecule has 3 aromatic carbocycles. The van der Waals surface area contributed by atoms with Crippen LogP contribution in [0.25, 0.3) is 0 Å². The summed E-state index contributed by atoms with van der Waals surface area (Å²) in [4.78, 5) is 25.1. The van der Waals surface area contributed by atoms with E-state index < -0.39 is 9.85 Å². The minimum absolute atomic E-state index is 0.00613. The molecule has 0 fully saturated rings. The Balaban J connectivity index is 1.83. The summed E-state index contributed by atoms with van der Waals surface area (Å²) >= 11 is 0. The largest absolute Gasteiger partial charge is 0.300 e. The molecule has 3 rings (SSSR count). The summed E-state index contributed by atoms with van der Waals surface area (Å²) in [5, 5.41) is 21.5. The first-order valence-electron chi connectivity index (χ1n) is 8.18. The van der Waals surface area contributed by atoms with Crippen LogP contribution >= 0.6 is 0 Å². The third-order valence-electron chi connectivity index (χ3n) is 3.75. The van der Waals surface area contributed by atoms with Gasteiger partial charge < -0.3 is 0 Å². The quantitative estimate of drug-likeness (QED) is 0.287. The van der Waals surface area contributed by atoms with Gasteiger partial charge in [0.2, 0.25) is 0 Å². The highest BCUT2D eigenvalue weighted by Gasteiger charge is 2.07. The fourth-order valence-corrected chi connectivity index (χ4v) is 2.34. The molecule has 0 bridgehead atoms. The van der Waals surface area contributed by atoms with Gasteiger partial charge in [0.1, 0.15) is 0 Å². The predicted molar refractivity (Wildman–Crippen MR) is 106 cm³/mol. The van der Waals surface area contributed by atoms with Crippen LogP contribution in [0, 0.1) is 20.2 Å². The molecule has 0 aliphatic heterocycles. The molecule has 3 aromatic rings. The molecule has 9 heteroatoms. The van der Waals surface area contributed by atoms with Crippen molar-refractivity contribution in [1.29, 1.82) is 0 Å². The van der Waals surface area contributed by atoms with Gasteiger partial charge in [0.15, 0.2) is 5.84 Å². The highest BCUT2D eigenvalue weighted by molar-refractivity contribution is 6.00. The topological polar surface area (TPSA) is 123 Å². The average Bonchev–Trinajstić information content (AvgIpc) is 2.72. The third-order valence-corrected chi connectivity index (χ3v) is 3.75. The number of nitrogens with one attached hydrogen (secondary N) is 2. The molecule has 0 saturated heterocycles. The number of hydrogen-bond donors (Lipinski definition) is 2. The van der Waals surface area contributed by atoms with Crippen molar-refractivity contribution in [1.82, 2.24) is 5.43 Å². The van der Waals surface area contributed by atoms with Crippen LogP contribution in [-0.2, 0) is 0 Å². The van der Waals surface area contributed by atoms with Crippen molar-refractivity contribution in [2.75, 3.05) is 5.43 Å². The molecule has 0 spiro atoms. The van der Waals surface area contributed by atoms with Crippen molar-refractivity contribution in [3.8, 4) is 0 Å². The maximum absolute atomic E-state index is 10.8. The minimum atomic E-state index is -0.472. The van der Waals surface area contributed by atoms with Crippen LogP contribution in [-0.4, -0.2) is 15.7 Å². The maximum Gasteiger partial charge on any atom is 0.269 e. The summed E-state index contributed by atoms with van der Waals surface area (Å²) in [6, 6.07) is 21.1. The molecule has 0 amide bonds. The standard InChI is InChI=1S/C19H15N5O4/c25-23(26)17-10-6-15(7-11-17)20-19(14-4-2-1-3-5-14)22-21-16-8-12-18(13-9-16)24(27)28/h1-13,21H,(H,20,22). The Morgan fingerprint density at radius 3 is 1.82 bits per heavy atom. The number of aliphatic imine (C=N–C) groups is 1. The van der Waals surface area contributed by atoms with E-state index in [1.54, 1.807) is 24.3 Å². The monoisotopic (exact) mass is 377 g/mol. The van der Waals surface area contributed by atoms with Gasteiger partial charge in [-0.3, -0.25) is 31.1 Å². The van der Waals surface area contributed by atoms with E-state index in [9.17, 15) is 20.2 Å². The molecule has 0 atom stereocenters. The molecule has 2 N–H and O–H groups in total. The molecule has 0 aliphatic rings. The number of benzene rings is 3. The van der Waals surface area contributed by atoms with Crippen LogP contribution in [0.2, 0.25) is 0 Å². The number of non-ortho nitro benzene ring substituents is 2. The molecule has 0 unspecified atom stereocenters.